The molecular weight excluding hydrogens is 294 g/mol. The summed E-state index contributed by atoms with van der Waals surface area (Å²) in [5.41, 5.74) is -0.228. The smallest absolute Gasteiger partial charge is 0.283 e. The summed E-state index contributed by atoms with van der Waals surface area (Å²) in [6.07, 6.45) is 0.837. The van der Waals surface area contributed by atoms with E-state index in [4.69, 9.17) is 11.6 Å². The number of carbonyl (C=O) groups excluding carboxylic acids is 1. The predicted molar refractivity (Wildman–Crippen MR) is 82.0 cm³/mol. The van der Waals surface area contributed by atoms with Gasteiger partial charge < -0.3 is 10.2 Å². The van der Waals surface area contributed by atoms with Gasteiger partial charge in [0, 0.05) is 24.1 Å². The van der Waals surface area contributed by atoms with E-state index in [9.17, 15) is 14.9 Å². The Hall–Kier alpha value is -1.66. The molecule has 1 aromatic rings. The molecule has 7 heteroatoms. The van der Waals surface area contributed by atoms with Crippen LogP contribution < -0.4 is 10.2 Å². The Morgan fingerprint density at radius 1 is 1.38 bits per heavy atom. The zero-order valence-corrected chi connectivity index (χ0v) is 13.1. The number of nitrogens with one attached hydrogen (secondary N) is 2. The molecule has 0 aliphatic carbocycles. The average molecular weight is 315 g/mol. The quantitative estimate of drug-likeness (QED) is 0.431. The number of amides is 1. The summed E-state index contributed by atoms with van der Waals surface area (Å²) in [7, 11) is 0. The van der Waals surface area contributed by atoms with E-state index in [1.165, 1.54) is 23.1 Å². The second-order valence-electron chi connectivity index (χ2n) is 4.74. The summed E-state index contributed by atoms with van der Waals surface area (Å²) in [5, 5.41) is 13.9. The first-order valence-electron chi connectivity index (χ1n) is 7.05. The Balaban J connectivity index is 2.58. The van der Waals surface area contributed by atoms with Gasteiger partial charge in [-0.1, -0.05) is 11.6 Å². The van der Waals surface area contributed by atoms with Crippen LogP contribution in [0.4, 0.5) is 5.69 Å². The molecule has 0 radical (unpaired) electrons. The molecule has 0 atom stereocenters. The van der Waals surface area contributed by atoms with Crippen LogP contribution in [0.5, 0.6) is 0 Å². The standard InChI is InChI=1S/C14H20ClN3O3/c1-3-17(4-2)9-5-8-16-14(19)12-7-6-11(15)10-13(12)18(20)21/h6-7,10H,3-5,8-9H2,1-2H3,(H,16,19)/p+1. The van der Waals surface area contributed by atoms with Gasteiger partial charge in [-0.25, -0.2) is 0 Å². The van der Waals surface area contributed by atoms with Gasteiger partial charge in [0.05, 0.1) is 24.6 Å². The highest BCUT2D eigenvalue weighted by Crippen LogP contribution is 2.22. The number of hydrogen-bond acceptors (Lipinski definition) is 3. The molecule has 1 aromatic carbocycles. The molecule has 0 fully saturated rings. The molecule has 1 amide bonds. The van der Waals surface area contributed by atoms with E-state index in [1.807, 2.05) is 0 Å². The first kappa shape index (κ1) is 17.4. The van der Waals surface area contributed by atoms with E-state index in [1.54, 1.807) is 0 Å². The van der Waals surface area contributed by atoms with Gasteiger partial charge in [0.15, 0.2) is 0 Å². The third-order valence-electron chi connectivity index (χ3n) is 3.39. The fourth-order valence-corrected chi connectivity index (χ4v) is 2.25. The lowest BCUT2D eigenvalue weighted by molar-refractivity contribution is -0.896. The van der Waals surface area contributed by atoms with Crippen molar-refractivity contribution in [1.82, 2.24) is 5.32 Å². The van der Waals surface area contributed by atoms with Crippen molar-refractivity contribution < 1.29 is 14.6 Å². The third kappa shape index (κ3) is 5.32. The van der Waals surface area contributed by atoms with Crippen molar-refractivity contribution >= 4 is 23.2 Å². The summed E-state index contributed by atoms with van der Waals surface area (Å²) >= 11 is 5.72. The number of nitrogens with zero attached hydrogens (tertiary/aromatic N) is 1. The Morgan fingerprint density at radius 2 is 2.05 bits per heavy atom. The Bertz CT molecular complexity index is 504. The first-order valence-corrected chi connectivity index (χ1v) is 7.43. The van der Waals surface area contributed by atoms with Gasteiger partial charge in [-0.2, -0.15) is 0 Å². The van der Waals surface area contributed by atoms with Crippen molar-refractivity contribution in [2.75, 3.05) is 26.2 Å². The zero-order valence-electron chi connectivity index (χ0n) is 12.3. The fourth-order valence-electron chi connectivity index (χ4n) is 2.09. The Labute approximate surface area is 129 Å². The molecular formula is C14H21ClN3O3+. The molecule has 0 saturated carbocycles. The van der Waals surface area contributed by atoms with E-state index in [2.05, 4.69) is 19.2 Å². The molecule has 21 heavy (non-hydrogen) atoms. The molecule has 0 aliphatic heterocycles. The zero-order chi connectivity index (χ0) is 15.8. The van der Waals surface area contributed by atoms with Crippen molar-refractivity contribution in [2.45, 2.75) is 20.3 Å². The molecule has 0 saturated heterocycles. The van der Waals surface area contributed by atoms with E-state index < -0.39 is 10.8 Å². The van der Waals surface area contributed by atoms with Crippen molar-refractivity contribution in [3.63, 3.8) is 0 Å². The van der Waals surface area contributed by atoms with E-state index in [-0.39, 0.29) is 16.3 Å². The Morgan fingerprint density at radius 3 is 2.62 bits per heavy atom. The molecule has 6 nitrogen and oxygen atoms in total. The minimum absolute atomic E-state index is 0.0413. The number of nitro groups is 1. The van der Waals surface area contributed by atoms with Gasteiger partial charge in [0.1, 0.15) is 5.56 Å². The number of quaternary nitrogens is 1. The monoisotopic (exact) mass is 314 g/mol. The summed E-state index contributed by atoms with van der Waals surface area (Å²) in [4.78, 5) is 23.8. The lowest BCUT2D eigenvalue weighted by atomic mass is 10.1. The highest BCUT2D eigenvalue weighted by Gasteiger charge is 2.20. The summed E-state index contributed by atoms with van der Waals surface area (Å²) in [5.74, 6) is -0.437. The third-order valence-corrected chi connectivity index (χ3v) is 3.63. The summed E-state index contributed by atoms with van der Waals surface area (Å²) in [6, 6.07) is 4.05. The molecule has 0 unspecified atom stereocenters. The lowest BCUT2D eigenvalue weighted by Gasteiger charge is -2.15. The molecule has 2 N–H and O–H groups in total. The van der Waals surface area contributed by atoms with Gasteiger partial charge >= 0.3 is 0 Å². The van der Waals surface area contributed by atoms with E-state index in [0.29, 0.717) is 6.54 Å². The average Bonchev–Trinajstić information content (AvgIpc) is 2.47. The second-order valence-corrected chi connectivity index (χ2v) is 5.17. The van der Waals surface area contributed by atoms with Gasteiger partial charge in [-0.05, 0) is 26.0 Å². The van der Waals surface area contributed by atoms with Crippen molar-refractivity contribution in [3.05, 3.63) is 38.9 Å². The van der Waals surface area contributed by atoms with Crippen LogP contribution in [0.15, 0.2) is 18.2 Å². The van der Waals surface area contributed by atoms with Crippen molar-refractivity contribution in [2.24, 2.45) is 0 Å². The van der Waals surface area contributed by atoms with Gasteiger partial charge in [0.25, 0.3) is 11.6 Å². The highest BCUT2D eigenvalue weighted by atomic mass is 35.5. The second kappa shape index (κ2) is 8.59. The Kier molecular flexibility index (Phi) is 7.11. The molecule has 0 spiro atoms. The molecule has 0 heterocycles. The van der Waals surface area contributed by atoms with Gasteiger partial charge in [-0.15, -0.1) is 0 Å². The minimum Gasteiger partial charge on any atom is -0.352 e. The SMILES string of the molecule is CC[NH+](CC)CCCNC(=O)c1ccc(Cl)cc1[N+](=O)[O-]. The van der Waals surface area contributed by atoms with Crippen LogP contribution in [-0.4, -0.2) is 37.0 Å². The molecule has 1 rings (SSSR count). The molecule has 116 valence electrons. The number of hydrogen-bond donors (Lipinski definition) is 2. The van der Waals surface area contributed by atoms with Crippen molar-refractivity contribution in [1.29, 1.82) is 0 Å². The summed E-state index contributed by atoms with van der Waals surface area (Å²) < 4.78 is 0. The first-order chi connectivity index (χ1) is 9.99. The highest BCUT2D eigenvalue weighted by molar-refractivity contribution is 6.31. The number of halogens is 1. The lowest BCUT2D eigenvalue weighted by Crippen LogP contribution is -3.11. The minimum atomic E-state index is -0.596. The number of rotatable bonds is 8. The van der Waals surface area contributed by atoms with Crippen LogP contribution in [0.2, 0.25) is 5.02 Å². The fraction of sp³-hybridized carbons (Fsp3) is 0.500. The maximum atomic E-state index is 12.0. The van der Waals surface area contributed by atoms with Crippen LogP contribution in [0.25, 0.3) is 0 Å². The van der Waals surface area contributed by atoms with Crippen LogP contribution in [0, 0.1) is 10.1 Å². The maximum absolute atomic E-state index is 12.0. The largest absolute Gasteiger partial charge is 0.352 e. The normalized spacial score (nSPS) is 10.7. The van der Waals surface area contributed by atoms with E-state index in [0.717, 1.165) is 26.1 Å². The van der Waals surface area contributed by atoms with Crippen LogP contribution in [0.1, 0.15) is 30.6 Å². The van der Waals surface area contributed by atoms with Crippen molar-refractivity contribution in [3.8, 4) is 0 Å². The molecule has 0 aliphatic rings. The summed E-state index contributed by atoms with van der Waals surface area (Å²) in [6.45, 7) is 7.81. The van der Waals surface area contributed by atoms with Crippen LogP contribution in [-0.2, 0) is 0 Å². The number of carbonyl (C=O) groups is 1. The molecule has 0 aromatic heterocycles. The van der Waals surface area contributed by atoms with Gasteiger partial charge in [-0.3, -0.25) is 14.9 Å². The number of benzene rings is 1. The predicted octanol–water partition coefficient (Wildman–Crippen LogP) is 1.29. The molecule has 0 bridgehead atoms. The van der Waals surface area contributed by atoms with Gasteiger partial charge in [0.2, 0.25) is 0 Å². The maximum Gasteiger partial charge on any atom is 0.283 e. The van der Waals surface area contributed by atoms with Crippen LogP contribution in [0.3, 0.4) is 0 Å². The number of nitro benzene ring substituents is 1. The van der Waals surface area contributed by atoms with Crippen LogP contribution >= 0.6 is 11.6 Å². The van der Waals surface area contributed by atoms with E-state index >= 15 is 0 Å². The topological polar surface area (TPSA) is 76.7 Å².